The molecule has 0 aromatic carbocycles. The highest BCUT2D eigenvalue weighted by Crippen LogP contribution is 2.66. The van der Waals surface area contributed by atoms with Gasteiger partial charge in [-0.2, -0.15) is 8.62 Å². The van der Waals surface area contributed by atoms with E-state index in [1.165, 1.54) is 51.7 Å². The van der Waals surface area contributed by atoms with Crippen LogP contribution in [0.15, 0.2) is 38.0 Å². The zero-order valence-corrected chi connectivity index (χ0v) is 43.9. The molecule has 3 aliphatic rings. The fraction of sp³-hybridized carbons (Fsp3) is 0.545. The van der Waals surface area contributed by atoms with E-state index >= 15 is 0 Å². The SMILES string of the molecule is CNc1ncnc2c1ncn2[C@@H]1O[C@H](CO)C(O)[C@@H]1O.CNc1ncnc2c1ncn2[C@@H]1O[C@H](COP(=O)(Cl)Cl)C(O)[C@@H]1O.CNc1ncnc2c1ncn2[C@@H]1O[C@H](COP(=O)(O)OP(=O)(O)OP(=O)(O)O)C(O)[C@@H]1O. The summed E-state index contributed by atoms with van der Waals surface area (Å²) in [4.78, 5) is 72.5. The van der Waals surface area contributed by atoms with Crippen LogP contribution in [0.4, 0.5) is 17.5 Å². The Balaban J connectivity index is 0.000000171. The zero-order valence-electron chi connectivity index (χ0n) is 38.8. The molecule has 0 bridgehead atoms. The van der Waals surface area contributed by atoms with Crippen LogP contribution in [0.1, 0.15) is 18.7 Å². The van der Waals surface area contributed by atoms with Crippen LogP contribution in [0.25, 0.3) is 33.5 Å². The van der Waals surface area contributed by atoms with Crippen molar-refractivity contribution in [3.63, 3.8) is 0 Å². The maximum Gasteiger partial charge on any atom is 0.490 e. The Morgan fingerprint density at radius 1 is 0.513 bits per heavy atom. The maximum atomic E-state index is 11.8. The second-order valence-electron chi connectivity index (χ2n) is 15.8. The molecule has 0 amide bonds. The van der Waals surface area contributed by atoms with E-state index in [9.17, 15) is 53.8 Å². The molecule has 76 heavy (non-hydrogen) atoms. The molecular weight excluding hydrogens is 1150 g/mol. The lowest BCUT2D eigenvalue weighted by Gasteiger charge is -2.19. The number of rotatable bonds is 17. The van der Waals surface area contributed by atoms with Crippen molar-refractivity contribution in [3.05, 3.63) is 38.0 Å². The average molecular weight is 1200 g/mol. The van der Waals surface area contributed by atoms with Crippen LogP contribution in [0.3, 0.4) is 0 Å². The Labute approximate surface area is 434 Å². The number of aromatic nitrogens is 12. The Morgan fingerprint density at radius 3 is 1.17 bits per heavy atom. The molecule has 9 heterocycles. The second-order valence-corrected chi connectivity index (χ2v) is 24.5. The number of nitrogens with zero attached hydrogens (tertiary/aromatic N) is 12. The fourth-order valence-corrected chi connectivity index (χ4v) is 11.3. The van der Waals surface area contributed by atoms with Gasteiger partial charge >= 0.3 is 29.5 Å². The Bertz CT molecular complexity index is 3180. The lowest BCUT2D eigenvalue weighted by Crippen LogP contribution is -2.33. The molecule has 6 aromatic rings. The van der Waals surface area contributed by atoms with Crippen LogP contribution in [0.2, 0.25) is 0 Å². The lowest BCUT2D eigenvalue weighted by atomic mass is 10.1. The van der Waals surface area contributed by atoms with E-state index in [0.29, 0.717) is 45.3 Å². The van der Waals surface area contributed by atoms with E-state index in [2.05, 4.69) is 74.0 Å². The first-order valence-corrected chi connectivity index (χ1v) is 29.3. The van der Waals surface area contributed by atoms with Gasteiger partial charge in [-0.05, 0) is 22.5 Å². The molecule has 5 unspecified atom stereocenters. The maximum absolute atomic E-state index is 11.8. The minimum Gasteiger partial charge on any atom is -0.394 e. The number of phosphoric acid groups is 3. The first-order valence-electron chi connectivity index (χ1n) is 21.4. The number of ether oxygens (including phenoxy) is 3. The molecule has 0 spiro atoms. The minimum atomic E-state index is -5.70. The highest BCUT2D eigenvalue weighted by atomic mass is 35.9. The van der Waals surface area contributed by atoms with Crippen molar-refractivity contribution in [1.29, 1.82) is 0 Å². The van der Waals surface area contributed by atoms with Gasteiger partial charge < -0.3 is 90.0 Å². The first kappa shape index (κ1) is 59.5. The predicted octanol–water partition coefficient (Wildman–Crippen LogP) is -1.60. The summed E-state index contributed by atoms with van der Waals surface area (Å²) in [6.45, 7) is -1.66. The van der Waals surface area contributed by atoms with Crippen LogP contribution >= 0.6 is 52.0 Å². The van der Waals surface area contributed by atoms with Gasteiger partial charge in [0, 0.05) is 21.1 Å². The molecule has 3 saturated heterocycles. The number of halogens is 2. The van der Waals surface area contributed by atoms with Gasteiger partial charge in [-0.1, -0.05) is 0 Å². The number of imidazole rings is 3. The van der Waals surface area contributed by atoms with Crippen LogP contribution < -0.4 is 16.0 Å². The standard InChI is InChI=1S/C11H14Cl2N5O5P.C11H18N5O13P3.C11H15N5O4/c1-14-9-6-10(16-3-15-9)18(4-17-6)11-8(20)7(19)5(23-11)2-22-24(12,13)21;1-12-9-6-10(14-3-13-9)16(4-15-6)11-8(18)7(17)5(27-11)2-26-31(22,23)29-32(24,25)28-30(19,20)21;1-12-9-6-10(14-3-13-9)16(4-15-6)11-8(19)7(18)5(2-17)20-11/h3-5,7-8,11,19-20H,2H2,1H3,(H,14,15,16);3-5,7-8,11,17-18H,2H2,1H3,(H,22,23)(H,24,25)(H,12,13,14)(H2,19,20,21);3-5,7-8,11,17-19H,2H2,1H3,(H,12,13,14)/t3*5-,7?,8+,11-/m111/s1. The Hall–Kier alpha value is -4.17. The summed E-state index contributed by atoms with van der Waals surface area (Å²) in [5.41, 5.74) is 2.46. The molecule has 37 nitrogen and oxygen atoms in total. The van der Waals surface area contributed by atoms with Gasteiger partial charge in [-0.25, -0.2) is 58.6 Å². The second kappa shape index (κ2) is 24.1. The van der Waals surface area contributed by atoms with E-state index in [1.807, 2.05) is 0 Å². The van der Waals surface area contributed by atoms with Crippen molar-refractivity contribution in [2.24, 2.45) is 0 Å². The van der Waals surface area contributed by atoms with E-state index in [4.69, 9.17) is 61.0 Å². The van der Waals surface area contributed by atoms with E-state index in [0.717, 1.165) is 0 Å². The molecule has 3 aliphatic heterocycles. The predicted molar refractivity (Wildman–Crippen MR) is 255 cm³/mol. The van der Waals surface area contributed by atoms with Crippen LogP contribution in [0, 0.1) is 0 Å². The van der Waals surface area contributed by atoms with E-state index in [-0.39, 0.29) is 18.9 Å². The summed E-state index contributed by atoms with van der Waals surface area (Å²) in [7, 11) is -11.7. The van der Waals surface area contributed by atoms with Crippen molar-refractivity contribution >= 4 is 103 Å². The van der Waals surface area contributed by atoms with Gasteiger partial charge in [-0.15, -0.1) is 0 Å². The first-order chi connectivity index (χ1) is 35.7. The normalized spacial score (nSPS) is 28.4. The van der Waals surface area contributed by atoms with Gasteiger partial charge in [0.1, 0.15) is 90.5 Å². The summed E-state index contributed by atoms with van der Waals surface area (Å²) in [5.74, 6) is 1.45. The van der Waals surface area contributed by atoms with Crippen LogP contribution in [-0.2, 0) is 50.1 Å². The van der Waals surface area contributed by atoms with E-state index < -0.39 is 110 Å². The number of anilines is 3. The number of hydrogen-bond acceptors (Lipinski definition) is 30. The van der Waals surface area contributed by atoms with Crippen LogP contribution in [0.5, 0.6) is 0 Å². The molecule has 420 valence electrons. The largest absolute Gasteiger partial charge is 0.490 e. The number of aliphatic hydroxyl groups is 7. The number of phosphoric ester groups is 1. The van der Waals surface area contributed by atoms with Crippen molar-refractivity contribution in [2.75, 3.05) is 56.9 Å². The Kier molecular flexibility index (Phi) is 18.8. The minimum absolute atomic E-state index is 0.231. The van der Waals surface area contributed by atoms with Crippen molar-refractivity contribution in [1.82, 2.24) is 58.6 Å². The fourth-order valence-electron chi connectivity index (χ4n) is 7.60. The molecule has 0 saturated carbocycles. The zero-order chi connectivity index (χ0) is 55.7. The number of nitrogens with one attached hydrogen (secondary N) is 3. The third-order valence-electron chi connectivity index (χ3n) is 11.0. The van der Waals surface area contributed by atoms with Crippen LogP contribution in [-0.4, -0.2) is 210 Å². The summed E-state index contributed by atoms with van der Waals surface area (Å²) in [6, 6.07) is 0. The highest BCUT2D eigenvalue weighted by Gasteiger charge is 2.48. The average Bonchev–Trinajstić information content (AvgIpc) is 4.22. The highest BCUT2D eigenvalue weighted by molar-refractivity contribution is 8.05. The summed E-state index contributed by atoms with van der Waals surface area (Å²) in [6.07, 6.45) is -10.2. The molecule has 6 aromatic heterocycles. The van der Waals surface area contributed by atoms with Gasteiger partial charge in [0.2, 0.25) is 0 Å². The molecule has 43 heteroatoms. The molecule has 0 radical (unpaired) electrons. The molecule has 14 N–H and O–H groups in total. The van der Waals surface area contributed by atoms with Crippen molar-refractivity contribution in [2.45, 2.75) is 73.6 Å². The quantitative estimate of drug-likeness (QED) is 0.0457. The monoisotopic (exact) mass is 1200 g/mol. The number of aliphatic hydroxyl groups excluding tert-OH is 7. The molecule has 0 aliphatic carbocycles. The molecule has 3 fully saturated rings. The van der Waals surface area contributed by atoms with Gasteiger partial charge in [0.25, 0.3) is 0 Å². The molecule has 14 atom stereocenters. The van der Waals surface area contributed by atoms with Gasteiger partial charge in [0.15, 0.2) is 53.1 Å². The topological polar surface area (TPSA) is 522 Å². The van der Waals surface area contributed by atoms with Gasteiger partial charge in [-0.3, -0.25) is 22.8 Å². The van der Waals surface area contributed by atoms with Gasteiger partial charge in [0.05, 0.1) is 38.8 Å². The Morgan fingerprint density at radius 2 is 0.855 bits per heavy atom. The smallest absolute Gasteiger partial charge is 0.394 e. The molecular formula is C33H47Cl2N15O22P4. The lowest BCUT2D eigenvalue weighted by molar-refractivity contribution is -0.0511. The van der Waals surface area contributed by atoms with Crippen molar-refractivity contribution in [3.8, 4) is 0 Å². The summed E-state index contributed by atoms with van der Waals surface area (Å²) < 4.78 is 82.1. The molecule has 9 rings (SSSR count). The number of hydrogen-bond donors (Lipinski definition) is 14. The van der Waals surface area contributed by atoms with E-state index in [1.54, 1.807) is 21.1 Å². The third-order valence-corrected chi connectivity index (χ3v) is 15.8. The van der Waals surface area contributed by atoms with Crippen molar-refractivity contribution < 1.29 is 105 Å². The number of fused-ring (bicyclic) bond motifs is 3. The summed E-state index contributed by atoms with van der Waals surface area (Å²) >= 11 is 10.6. The summed E-state index contributed by atoms with van der Waals surface area (Å²) in [5, 5.41) is 78.4. The third kappa shape index (κ3) is 13.5.